The van der Waals surface area contributed by atoms with E-state index >= 15 is 0 Å². The average molecular weight is 281 g/mol. The Morgan fingerprint density at radius 1 is 1.21 bits per heavy atom. The van der Waals surface area contributed by atoms with Gasteiger partial charge in [-0.2, -0.15) is 0 Å². The van der Waals surface area contributed by atoms with Crippen molar-refractivity contribution in [1.82, 2.24) is 5.32 Å². The minimum absolute atomic E-state index is 0.00579. The number of hydrogen-bond donors (Lipinski definition) is 2. The highest BCUT2D eigenvalue weighted by atomic mass is 35.5. The molecule has 0 aliphatic heterocycles. The van der Waals surface area contributed by atoms with Crippen LogP contribution in [-0.4, -0.2) is 19.0 Å². The molecule has 0 bridgehead atoms. The zero-order chi connectivity index (χ0) is 13.5. The SMILES string of the molecule is O=C(CNCCC1CCCC1)Nc1ccc(Cl)cc1. The van der Waals surface area contributed by atoms with Crippen molar-refractivity contribution in [2.75, 3.05) is 18.4 Å². The van der Waals surface area contributed by atoms with Gasteiger partial charge in [-0.05, 0) is 43.1 Å². The molecule has 3 nitrogen and oxygen atoms in total. The van der Waals surface area contributed by atoms with Crippen LogP contribution in [0.3, 0.4) is 0 Å². The predicted octanol–water partition coefficient (Wildman–Crippen LogP) is 3.45. The first-order valence-corrected chi connectivity index (χ1v) is 7.38. The molecule has 0 aromatic heterocycles. The molecule has 0 spiro atoms. The molecule has 1 amide bonds. The molecule has 1 aliphatic rings. The second-order valence-electron chi connectivity index (χ2n) is 5.17. The van der Waals surface area contributed by atoms with Crippen LogP contribution in [0.4, 0.5) is 5.69 Å². The van der Waals surface area contributed by atoms with Crippen molar-refractivity contribution in [2.45, 2.75) is 32.1 Å². The van der Waals surface area contributed by atoms with Crippen LogP contribution in [0, 0.1) is 5.92 Å². The summed E-state index contributed by atoms with van der Waals surface area (Å²) >= 11 is 5.79. The van der Waals surface area contributed by atoms with Crippen LogP contribution in [0.25, 0.3) is 0 Å². The molecule has 0 unspecified atom stereocenters. The first kappa shape index (κ1) is 14.4. The van der Waals surface area contributed by atoms with Crippen LogP contribution < -0.4 is 10.6 Å². The van der Waals surface area contributed by atoms with E-state index in [0.717, 1.165) is 18.2 Å². The van der Waals surface area contributed by atoms with E-state index in [9.17, 15) is 4.79 Å². The molecule has 0 atom stereocenters. The maximum Gasteiger partial charge on any atom is 0.238 e. The van der Waals surface area contributed by atoms with Gasteiger partial charge in [-0.25, -0.2) is 0 Å². The standard InChI is InChI=1S/C15H21ClN2O/c16-13-5-7-14(8-6-13)18-15(19)11-17-10-9-12-3-1-2-4-12/h5-8,12,17H,1-4,9-11H2,(H,18,19). The Bertz CT molecular complexity index is 399. The van der Waals surface area contributed by atoms with E-state index in [2.05, 4.69) is 10.6 Å². The highest BCUT2D eigenvalue weighted by molar-refractivity contribution is 6.30. The lowest BCUT2D eigenvalue weighted by molar-refractivity contribution is -0.115. The maximum absolute atomic E-state index is 11.7. The fourth-order valence-electron chi connectivity index (χ4n) is 2.55. The van der Waals surface area contributed by atoms with Crippen molar-refractivity contribution in [3.63, 3.8) is 0 Å². The molecule has 0 heterocycles. The van der Waals surface area contributed by atoms with Gasteiger partial charge in [0.15, 0.2) is 0 Å². The predicted molar refractivity (Wildman–Crippen MR) is 79.5 cm³/mol. The Kier molecular flexibility index (Phi) is 5.67. The minimum atomic E-state index is -0.00579. The lowest BCUT2D eigenvalue weighted by atomic mass is 10.0. The first-order valence-electron chi connectivity index (χ1n) is 7.00. The van der Waals surface area contributed by atoms with E-state index in [0.29, 0.717) is 11.6 Å². The van der Waals surface area contributed by atoms with Crippen LogP contribution in [0.1, 0.15) is 32.1 Å². The largest absolute Gasteiger partial charge is 0.325 e. The molecule has 1 fully saturated rings. The van der Waals surface area contributed by atoms with Gasteiger partial charge in [-0.15, -0.1) is 0 Å². The third-order valence-electron chi connectivity index (χ3n) is 3.62. The molecule has 1 aliphatic carbocycles. The number of carbonyl (C=O) groups is 1. The number of amides is 1. The number of halogens is 1. The summed E-state index contributed by atoms with van der Waals surface area (Å²) in [5.74, 6) is 0.862. The molecule has 104 valence electrons. The zero-order valence-electron chi connectivity index (χ0n) is 11.1. The summed E-state index contributed by atoms with van der Waals surface area (Å²) in [5, 5.41) is 6.72. The second-order valence-corrected chi connectivity index (χ2v) is 5.61. The fourth-order valence-corrected chi connectivity index (χ4v) is 2.67. The van der Waals surface area contributed by atoms with Gasteiger partial charge in [0.05, 0.1) is 6.54 Å². The van der Waals surface area contributed by atoms with Crippen LogP contribution in [0.15, 0.2) is 24.3 Å². The quantitative estimate of drug-likeness (QED) is 0.784. The highest BCUT2D eigenvalue weighted by Crippen LogP contribution is 2.26. The molecule has 0 saturated heterocycles. The first-order chi connectivity index (χ1) is 9.24. The van der Waals surface area contributed by atoms with Crippen molar-refractivity contribution in [3.05, 3.63) is 29.3 Å². The summed E-state index contributed by atoms with van der Waals surface area (Å²) < 4.78 is 0. The molecule has 4 heteroatoms. The van der Waals surface area contributed by atoms with Crippen molar-refractivity contribution < 1.29 is 4.79 Å². The molecular weight excluding hydrogens is 260 g/mol. The molecule has 1 aromatic rings. The third-order valence-corrected chi connectivity index (χ3v) is 3.87. The summed E-state index contributed by atoms with van der Waals surface area (Å²) in [7, 11) is 0. The number of nitrogens with one attached hydrogen (secondary N) is 2. The maximum atomic E-state index is 11.7. The Labute approximate surface area is 119 Å². The van der Waals surface area contributed by atoms with E-state index in [-0.39, 0.29) is 5.91 Å². The number of hydrogen-bond acceptors (Lipinski definition) is 2. The van der Waals surface area contributed by atoms with Gasteiger partial charge in [0.25, 0.3) is 0 Å². The molecule has 1 aromatic carbocycles. The lowest BCUT2D eigenvalue weighted by Gasteiger charge is -2.10. The van der Waals surface area contributed by atoms with Gasteiger partial charge >= 0.3 is 0 Å². The number of carbonyl (C=O) groups excluding carboxylic acids is 1. The van der Waals surface area contributed by atoms with Crippen LogP contribution in [0.2, 0.25) is 5.02 Å². The van der Waals surface area contributed by atoms with Crippen LogP contribution in [-0.2, 0) is 4.79 Å². The van der Waals surface area contributed by atoms with Gasteiger partial charge < -0.3 is 10.6 Å². The molecule has 2 rings (SSSR count). The monoisotopic (exact) mass is 280 g/mol. The Balaban J connectivity index is 1.60. The number of rotatable bonds is 6. The molecule has 1 saturated carbocycles. The highest BCUT2D eigenvalue weighted by Gasteiger charge is 2.14. The van der Waals surface area contributed by atoms with E-state index in [1.54, 1.807) is 24.3 Å². The summed E-state index contributed by atoms with van der Waals surface area (Å²) in [6.45, 7) is 1.30. The normalized spacial score (nSPS) is 15.6. The van der Waals surface area contributed by atoms with E-state index in [4.69, 9.17) is 11.6 Å². The Morgan fingerprint density at radius 3 is 2.58 bits per heavy atom. The van der Waals surface area contributed by atoms with Crippen molar-refractivity contribution >= 4 is 23.2 Å². The number of anilines is 1. The summed E-state index contributed by atoms with van der Waals surface area (Å²) in [4.78, 5) is 11.7. The van der Waals surface area contributed by atoms with Gasteiger partial charge in [0, 0.05) is 10.7 Å². The number of benzene rings is 1. The van der Waals surface area contributed by atoms with Crippen molar-refractivity contribution in [2.24, 2.45) is 5.92 Å². The summed E-state index contributed by atoms with van der Waals surface area (Å²) in [5.41, 5.74) is 0.784. The van der Waals surface area contributed by atoms with Gasteiger partial charge in [0.2, 0.25) is 5.91 Å². The van der Waals surface area contributed by atoms with Crippen molar-refractivity contribution in [1.29, 1.82) is 0 Å². The Hall–Kier alpha value is -1.06. The molecule has 2 N–H and O–H groups in total. The van der Waals surface area contributed by atoms with Crippen LogP contribution >= 0.6 is 11.6 Å². The minimum Gasteiger partial charge on any atom is -0.325 e. The average Bonchev–Trinajstić information content (AvgIpc) is 2.91. The third kappa shape index (κ3) is 5.21. The van der Waals surface area contributed by atoms with Gasteiger partial charge in [-0.3, -0.25) is 4.79 Å². The van der Waals surface area contributed by atoms with Gasteiger partial charge in [0.1, 0.15) is 0 Å². The van der Waals surface area contributed by atoms with Gasteiger partial charge in [-0.1, -0.05) is 37.3 Å². The molecule has 19 heavy (non-hydrogen) atoms. The van der Waals surface area contributed by atoms with Crippen molar-refractivity contribution in [3.8, 4) is 0 Å². The summed E-state index contributed by atoms with van der Waals surface area (Å²) in [6, 6.07) is 7.15. The Morgan fingerprint density at radius 2 is 1.89 bits per heavy atom. The topological polar surface area (TPSA) is 41.1 Å². The zero-order valence-corrected chi connectivity index (χ0v) is 11.9. The second kappa shape index (κ2) is 7.51. The fraction of sp³-hybridized carbons (Fsp3) is 0.533. The smallest absolute Gasteiger partial charge is 0.238 e. The molecular formula is C15H21ClN2O. The van der Waals surface area contributed by atoms with E-state index in [1.807, 2.05) is 0 Å². The molecule has 0 radical (unpaired) electrons. The lowest BCUT2D eigenvalue weighted by Crippen LogP contribution is -2.29. The van der Waals surface area contributed by atoms with E-state index in [1.165, 1.54) is 32.1 Å². The van der Waals surface area contributed by atoms with E-state index < -0.39 is 0 Å². The summed E-state index contributed by atoms with van der Waals surface area (Å²) in [6.07, 6.45) is 6.66. The van der Waals surface area contributed by atoms with Crippen LogP contribution in [0.5, 0.6) is 0 Å².